The molecule has 1 aliphatic rings. The molecule has 4 rings (SSSR count). The van der Waals surface area contributed by atoms with Gasteiger partial charge in [-0.3, -0.25) is 14.5 Å². The molecular weight excluding hydrogens is 456 g/mol. The predicted molar refractivity (Wildman–Crippen MR) is 126 cm³/mol. The van der Waals surface area contributed by atoms with E-state index in [4.69, 9.17) is 9.47 Å². The van der Waals surface area contributed by atoms with E-state index in [0.29, 0.717) is 17.9 Å². The van der Waals surface area contributed by atoms with Gasteiger partial charge in [0.05, 0.1) is 30.4 Å². The van der Waals surface area contributed by atoms with Gasteiger partial charge in [0.15, 0.2) is 11.6 Å². The summed E-state index contributed by atoms with van der Waals surface area (Å²) < 4.78 is 38.8. The van der Waals surface area contributed by atoms with Crippen LogP contribution < -0.4 is 14.4 Å². The number of aliphatic hydroxyl groups excluding tert-OH is 1. The molecule has 180 valence electrons. The van der Waals surface area contributed by atoms with Crippen molar-refractivity contribution in [3.05, 3.63) is 95.1 Å². The minimum Gasteiger partial charge on any atom is -0.507 e. The van der Waals surface area contributed by atoms with Crippen LogP contribution in [0.4, 0.5) is 14.5 Å². The Labute approximate surface area is 201 Å². The molecule has 6 nitrogen and oxygen atoms in total. The summed E-state index contributed by atoms with van der Waals surface area (Å²) in [6, 6.07) is 15.1. The molecule has 1 atom stereocenters. The Bertz CT molecular complexity index is 1310. The first-order valence-electron chi connectivity index (χ1n) is 11.1. The number of amides is 1. The lowest BCUT2D eigenvalue weighted by atomic mass is 9.95. The molecule has 1 N–H and O–H groups in total. The van der Waals surface area contributed by atoms with Crippen molar-refractivity contribution in [2.75, 3.05) is 18.1 Å². The minimum atomic E-state index is -1.17. The van der Waals surface area contributed by atoms with Crippen LogP contribution in [0.15, 0.2) is 72.3 Å². The SMILES string of the molecule is CCOc1ccc(/C(O)=C2/C(=O)C(=O)N(c3ccc(F)c(F)c3)C2c2ccccc2)c(OCC)c1. The van der Waals surface area contributed by atoms with E-state index in [-0.39, 0.29) is 29.2 Å². The maximum Gasteiger partial charge on any atom is 0.300 e. The molecule has 0 spiro atoms. The Hall–Kier alpha value is -4.20. The van der Waals surface area contributed by atoms with Crippen LogP contribution >= 0.6 is 0 Å². The number of ether oxygens (including phenoxy) is 2. The largest absolute Gasteiger partial charge is 0.507 e. The van der Waals surface area contributed by atoms with Crippen molar-refractivity contribution in [2.45, 2.75) is 19.9 Å². The van der Waals surface area contributed by atoms with Gasteiger partial charge in [-0.15, -0.1) is 0 Å². The maximum absolute atomic E-state index is 14.1. The third-order valence-corrected chi connectivity index (χ3v) is 5.56. The average Bonchev–Trinajstić information content (AvgIpc) is 3.12. The highest BCUT2D eigenvalue weighted by molar-refractivity contribution is 6.51. The van der Waals surface area contributed by atoms with Gasteiger partial charge in [0.25, 0.3) is 11.7 Å². The highest BCUT2D eigenvalue weighted by atomic mass is 19.2. The first-order chi connectivity index (χ1) is 16.9. The fourth-order valence-electron chi connectivity index (χ4n) is 4.06. The molecule has 1 heterocycles. The highest BCUT2D eigenvalue weighted by Crippen LogP contribution is 2.43. The number of Topliss-reactive ketones (excluding diaryl/α,β-unsaturated/α-hetero) is 1. The lowest BCUT2D eigenvalue weighted by molar-refractivity contribution is -0.132. The topological polar surface area (TPSA) is 76.1 Å². The molecule has 0 saturated carbocycles. The molecule has 8 heteroatoms. The normalized spacial score (nSPS) is 17.0. The van der Waals surface area contributed by atoms with Crippen molar-refractivity contribution >= 4 is 23.1 Å². The number of benzene rings is 3. The van der Waals surface area contributed by atoms with Crippen LogP contribution in [-0.4, -0.2) is 30.0 Å². The van der Waals surface area contributed by atoms with Crippen molar-refractivity contribution in [3.8, 4) is 11.5 Å². The number of rotatable bonds is 7. The van der Waals surface area contributed by atoms with E-state index in [1.807, 2.05) is 6.92 Å². The lowest BCUT2D eigenvalue weighted by Crippen LogP contribution is -2.29. The van der Waals surface area contributed by atoms with Crippen LogP contribution in [0.2, 0.25) is 0 Å². The van der Waals surface area contributed by atoms with Crippen molar-refractivity contribution in [1.29, 1.82) is 0 Å². The molecule has 1 aliphatic heterocycles. The van der Waals surface area contributed by atoms with E-state index in [2.05, 4.69) is 0 Å². The zero-order valence-electron chi connectivity index (χ0n) is 19.1. The summed E-state index contributed by atoms with van der Waals surface area (Å²) in [5.41, 5.74) is 0.480. The molecular formula is C27H23F2NO5. The number of carbonyl (C=O) groups excluding carboxylic acids is 2. The summed E-state index contributed by atoms with van der Waals surface area (Å²) in [5, 5.41) is 11.4. The number of carbonyl (C=O) groups is 2. The van der Waals surface area contributed by atoms with Gasteiger partial charge >= 0.3 is 0 Å². The second kappa shape index (κ2) is 9.97. The Morgan fingerprint density at radius 1 is 0.914 bits per heavy atom. The van der Waals surface area contributed by atoms with Crippen molar-refractivity contribution in [3.63, 3.8) is 0 Å². The lowest BCUT2D eigenvalue weighted by Gasteiger charge is -2.25. The van der Waals surface area contributed by atoms with Crippen LogP contribution in [0.25, 0.3) is 5.76 Å². The van der Waals surface area contributed by atoms with Gasteiger partial charge in [-0.1, -0.05) is 30.3 Å². The summed E-state index contributed by atoms with van der Waals surface area (Å²) in [7, 11) is 0. The van der Waals surface area contributed by atoms with Crippen molar-refractivity contribution in [1.82, 2.24) is 0 Å². The summed E-state index contributed by atoms with van der Waals surface area (Å²) in [5.74, 6) is -3.86. The van der Waals surface area contributed by atoms with Crippen LogP contribution in [0.5, 0.6) is 11.5 Å². The van der Waals surface area contributed by atoms with E-state index in [1.54, 1.807) is 55.5 Å². The van der Waals surface area contributed by atoms with Crippen molar-refractivity contribution < 1.29 is 33.0 Å². The Morgan fingerprint density at radius 2 is 1.63 bits per heavy atom. The van der Waals surface area contributed by atoms with Gasteiger partial charge in [-0.25, -0.2) is 8.78 Å². The van der Waals surface area contributed by atoms with Crippen LogP contribution in [0.1, 0.15) is 31.0 Å². The minimum absolute atomic E-state index is 0.0179. The standard InChI is InChI=1S/C27H23F2NO5/c1-3-34-18-11-12-19(22(15-18)35-4-2)25(31)23-24(16-8-6-5-7-9-16)30(27(33)26(23)32)17-10-13-20(28)21(29)14-17/h5-15,24,31H,3-4H2,1-2H3/b25-23-. The maximum atomic E-state index is 14.1. The number of anilines is 1. The number of hydrogen-bond acceptors (Lipinski definition) is 5. The average molecular weight is 479 g/mol. The molecule has 3 aromatic carbocycles. The van der Waals surface area contributed by atoms with E-state index in [1.165, 1.54) is 6.07 Å². The van der Waals surface area contributed by atoms with Crippen LogP contribution in [0, 0.1) is 11.6 Å². The second-order valence-corrected chi connectivity index (χ2v) is 7.70. The Morgan fingerprint density at radius 3 is 2.29 bits per heavy atom. The molecule has 1 saturated heterocycles. The van der Waals surface area contributed by atoms with Crippen LogP contribution in [-0.2, 0) is 9.59 Å². The number of nitrogens with zero attached hydrogens (tertiary/aromatic N) is 1. The van der Waals surface area contributed by atoms with Crippen molar-refractivity contribution in [2.24, 2.45) is 0 Å². The third kappa shape index (κ3) is 4.47. The smallest absolute Gasteiger partial charge is 0.300 e. The fourth-order valence-corrected chi connectivity index (χ4v) is 4.06. The summed E-state index contributed by atoms with van der Waals surface area (Å²) >= 11 is 0. The molecule has 0 aromatic heterocycles. The first kappa shape index (κ1) is 23.9. The van der Waals surface area contributed by atoms with Gasteiger partial charge in [0, 0.05) is 17.8 Å². The molecule has 0 bridgehead atoms. The third-order valence-electron chi connectivity index (χ3n) is 5.56. The number of halogens is 2. The number of hydrogen-bond donors (Lipinski definition) is 1. The zero-order chi connectivity index (χ0) is 25.1. The Balaban J connectivity index is 1.93. The quantitative estimate of drug-likeness (QED) is 0.279. The molecule has 0 aliphatic carbocycles. The molecule has 1 unspecified atom stereocenters. The number of aliphatic hydroxyl groups is 1. The molecule has 35 heavy (non-hydrogen) atoms. The van der Waals surface area contributed by atoms with Crippen LogP contribution in [0.3, 0.4) is 0 Å². The second-order valence-electron chi connectivity index (χ2n) is 7.70. The highest BCUT2D eigenvalue weighted by Gasteiger charge is 2.47. The molecule has 0 radical (unpaired) electrons. The fraction of sp³-hybridized carbons (Fsp3) is 0.185. The molecule has 3 aromatic rings. The zero-order valence-corrected chi connectivity index (χ0v) is 19.1. The summed E-state index contributed by atoms with van der Waals surface area (Å²) in [6.07, 6.45) is 0. The van der Waals surface area contributed by atoms with E-state index < -0.39 is 35.1 Å². The van der Waals surface area contributed by atoms with E-state index >= 15 is 0 Å². The summed E-state index contributed by atoms with van der Waals surface area (Å²) in [4.78, 5) is 27.4. The number of ketones is 1. The monoisotopic (exact) mass is 479 g/mol. The van der Waals surface area contributed by atoms with Gasteiger partial charge in [0.2, 0.25) is 0 Å². The van der Waals surface area contributed by atoms with Gasteiger partial charge in [0.1, 0.15) is 17.3 Å². The predicted octanol–water partition coefficient (Wildman–Crippen LogP) is 5.39. The van der Waals surface area contributed by atoms with Gasteiger partial charge < -0.3 is 14.6 Å². The molecule has 1 fully saturated rings. The van der Waals surface area contributed by atoms with E-state index in [0.717, 1.165) is 17.0 Å². The van der Waals surface area contributed by atoms with E-state index in [9.17, 15) is 23.5 Å². The van der Waals surface area contributed by atoms with Gasteiger partial charge in [-0.05, 0) is 43.7 Å². The summed E-state index contributed by atoms with van der Waals surface area (Å²) in [6.45, 7) is 4.29. The Kier molecular flexibility index (Phi) is 6.82. The molecule has 1 amide bonds. The first-order valence-corrected chi connectivity index (χ1v) is 11.1. The van der Waals surface area contributed by atoms with Gasteiger partial charge in [-0.2, -0.15) is 0 Å².